The first kappa shape index (κ1) is 17.0. The van der Waals surface area contributed by atoms with Crippen molar-refractivity contribution >= 4 is 17.7 Å². The Hall–Kier alpha value is -2.32. The van der Waals surface area contributed by atoms with Crippen molar-refractivity contribution in [2.75, 3.05) is 5.75 Å². The molecule has 0 N–H and O–H groups in total. The quantitative estimate of drug-likeness (QED) is 0.626. The number of ether oxygens (including phenoxy) is 1. The lowest BCUT2D eigenvalue weighted by Gasteiger charge is -2.19. The molecule has 0 fully saturated rings. The summed E-state index contributed by atoms with van der Waals surface area (Å²) in [5.41, 5.74) is 1.68. The molecule has 0 aliphatic carbocycles. The van der Waals surface area contributed by atoms with Crippen molar-refractivity contribution < 1.29 is 9.53 Å². The average molecular weight is 326 g/mol. The van der Waals surface area contributed by atoms with Gasteiger partial charge in [0, 0.05) is 5.56 Å². The van der Waals surface area contributed by atoms with Gasteiger partial charge in [-0.2, -0.15) is 5.26 Å². The van der Waals surface area contributed by atoms with E-state index in [-0.39, 0.29) is 11.7 Å². The maximum atomic E-state index is 11.8. The Balaban J connectivity index is 2.17. The molecule has 1 aromatic carbocycles. The molecule has 1 aromatic heterocycles. The molecule has 0 spiro atoms. The fourth-order valence-electron chi connectivity index (χ4n) is 1.90. The molecule has 0 radical (unpaired) electrons. The van der Waals surface area contributed by atoms with Gasteiger partial charge in [-0.1, -0.05) is 42.1 Å². The van der Waals surface area contributed by atoms with Crippen LogP contribution in [0.25, 0.3) is 11.3 Å². The van der Waals surface area contributed by atoms with E-state index < -0.39 is 5.60 Å². The first-order chi connectivity index (χ1) is 10.9. The van der Waals surface area contributed by atoms with Gasteiger partial charge < -0.3 is 4.74 Å². The number of hydrogen-bond donors (Lipinski definition) is 0. The fourth-order valence-corrected chi connectivity index (χ4v) is 2.65. The topological polar surface area (TPSA) is 63.0 Å². The van der Waals surface area contributed by atoms with Crippen LogP contribution in [0, 0.1) is 11.3 Å². The second-order valence-corrected chi connectivity index (χ2v) is 6.87. The Morgan fingerprint density at radius 1 is 1.22 bits per heavy atom. The molecule has 118 valence electrons. The lowest BCUT2D eigenvalue weighted by Crippen LogP contribution is -2.24. The summed E-state index contributed by atoms with van der Waals surface area (Å²) >= 11 is 1.22. The van der Waals surface area contributed by atoms with Crippen LogP contribution in [-0.4, -0.2) is 22.3 Å². The summed E-state index contributed by atoms with van der Waals surface area (Å²) < 4.78 is 5.28. The van der Waals surface area contributed by atoms with Crippen molar-refractivity contribution in [2.24, 2.45) is 0 Å². The highest BCUT2D eigenvalue weighted by atomic mass is 32.2. The predicted octanol–water partition coefficient (Wildman–Crippen LogP) is 4.05. The van der Waals surface area contributed by atoms with Crippen LogP contribution in [0.1, 0.15) is 26.3 Å². The number of benzene rings is 1. The van der Waals surface area contributed by atoms with Crippen molar-refractivity contribution in [3.05, 3.63) is 48.0 Å². The molecule has 0 saturated carbocycles. The third kappa shape index (κ3) is 5.11. The van der Waals surface area contributed by atoms with E-state index in [0.717, 1.165) is 11.3 Å². The van der Waals surface area contributed by atoms with Gasteiger partial charge in [-0.3, -0.25) is 4.79 Å². The van der Waals surface area contributed by atoms with Gasteiger partial charge in [0.25, 0.3) is 0 Å². The van der Waals surface area contributed by atoms with Crippen LogP contribution in [-0.2, 0) is 9.53 Å². The smallest absolute Gasteiger partial charge is 0.316 e. The Labute approximate surface area is 140 Å². The highest BCUT2D eigenvalue weighted by molar-refractivity contribution is 7.99. The van der Waals surface area contributed by atoms with E-state index >= 15 is 0 Å². The van der Waals surface area contributed by atoms with Crippen LogP contribution in [0.4, 0.5) is 0 Å². The first-order valence-corrected chi connectivity index (χ1v) is 8.19. The number of pyridine rings is 1. The number of nitrogens with zero attached hydrogens (tertiary/aromatic N) is 2. The molecule has 0 amide bonds. The minimum Gasteiger partial charge on any atom is -0.459 e. The van der Waals surface area contributed by atoms with E-state index in [2.05, 4.69) is 11.1 Å². The van der Waals surface area contributed by atoms with Crippen molar-refractivity contribution in [3.8, 4) is 17.3 Å². The van der Waals surface area contributed by atoms with Gasteiger partial charge in [0.15, 0.2) is 0 Å². The number of nitriles is 1. The molecular weight excluding hydrogens is 308 g/mol. The molecule has 0 unspecified atom stereocenters. The van der Waals surface area contributed by atoms with Gasteiger partial charge in [-0.05, 0) is 32.9 Å². The third-order valence-corrected chi connectivity index (χ3v) is 3.76. The summed E-state index contributed by atoms with van der Waals surface area (Å²) in [6.07, 6.45) is 0. The number of carbonyl (C=O) groups is 1. The molecule has 1 heterocycles. The minimum atomic E-state index is -0.519. The third-order valence-electron chi connectivity index (χ3n) is 2.80. The van der Waals surface area contributed by atoms with Crippen LogP contribution < -0.4 is 0 Å². The molecule has 23 heavy (non-hydrogen) atoms. The monoisotopic (exact) mass is 326 g/mol. The number of esters is 1. The summed E-state index contributed by atoms with van der Waals surface area (Å²) in [5, 5.41) is 9.75. The predicted molar refractivity (Wildman–Crippen MR) is 91.0 cm³/mol. The number of rotatable bonds is 4. The highest BCUT2D eigenvalue weighted by Crippen LogP contribution is 2.25. The van der Waals surface area contributed by atoms with E-state index in [1.165, 1.54) is 11.8 Å². The lowest BCUT2D eigenvalue weighted by atomic mass is 10.1. The van der Waals surface area contributed by atoms with Gasteiger partial charge >= 0.3 is 5.97 Å². The largest absolute Gasteiger partial charge is 0.459 e. The van der Waals surface area contributed by atoms with Crippen LogP contribution in [0.15, 0.2) is 47.5 Å². The maximum Gasteiger partial charge on any atom is 0.316 e. The van der Waals surface area contributed by atoms with Gasteiger partial charge in [-0.15, -0.1) is 0 Å². The lowest BCUT2D eigenvalue weighted by molar-refractivity contribution is -0.151. The molecule has 0 bridgehead atoms. The van der Waals surface area contributed by atoms with E-state index in [0.29, 0.717) is 10.6 Å². The summed E-state index contributed by atoms with van der Waals surface area (Å²) in [7, 11) is 0. The van der Waals surface area contributed by atoms with E-state index in [1.807, 2.05) is 57.2 Å². The van der Waals surface area contributed by atoms with E-state index in [1.54, 1.807) is 6.07 Å². The molecule has 0 atom stereocenters. The number of hydrogen-bond acceptors (Lipinski definition) is 5. The number of aromatic nitrogens is 1. The Morgan fingerprint density at radius 3 is 2.52 bits per heavy atom. The zero-order valence-corrected chi connectivity index (χ0v) is 14.2. The fraction of sp³-hybridized carbons (Fsp3) is 0.278. The Kier molecular flexibility index (Phi) is 5.41. The van der Waals surface area contributed by atoms with Crippen LogP contribution in [0.3, 0.4) is 0 Å². The summed E-state index contributed by atoms with van der Waals surface area (Å²) in [6.45, 7) is 5.47. The van der Waals surface area contributed by atoms with Crippen molar-refractivity contribution in [2.45, 2.75) is 31.4 Å². The SMILES string of the molecule is CC(C)(C)OC(=O)CSc1nc(-c2ccccc2)ccc1C#N. The molecule has 0 aliphatic rings. The molecular formula is C18H18N2O2S. The number of carbonyl (C=O) groups excluding carboxylic acids is 1. The number of thioether (sulfide) groups is 1. The average Bonchev–Trinajstić information content (AvgIpc) is 2.52. The summed E-state index contributed by atoms with van der Waals surface area (Å²) in [5.74, 6) is -0.199. The van der Waals surface area contributed by atoms with Crippen LogP contribution in [0.2, 0.25) is 0 Å². The summed E-state index contributed by atoms with van der Waals surface area (Å²) in [6, 6.07) is 15.4. The second-order valence-electron chi connectivity index (χ2n) is 5.90. The Morgan fingerprint density at radius 2 is 1.91 bits per heavy atom. The molecule has 5 heteroatoms. The van der Waals surface area contributed by atoms with E-state index in [4.69, 9.17) is 4.74 Å². The van der Waals surface area contributed by atoms with Crippen molar-refractivity contribution in [1.82, 2.24) is 4.98 Å². The molecule has 4 nitrogen and oxygen atoms in total. The highest BCUT2D eigenvalue weighted by Gasteiger charge is 2.17. The second kappa shape index (κ2) is 7.30. The van der Waals surface area contributed by atoms with Gasteiger partial charge in [0.1, 0.15) is 16.7 Å². The van der Waals surface area contributed by atoms with Gasteiger partial charge in [0.05, 0.1) is 17.0 Å². The minimum absolute atomic E-state index is 0.122. The zero-order valence-electron chi connectivity index (χ0n) is 13.4. The molecule has 0 aliphatic heterocycles. The first-order valence-electron chi connectivity index (χ1n) is 7.20. The van der Waals surface area contributed by atoms with Gasteiger partial charge in [0.2, 0.25) is 0 Å². The Bertz CT molecular complexity index is 731. The molecule has 2 aromatic rings. The van der Waals surface area contributed by atoms with Crippen LogP contribution >= 0.6 is 11.8 Å². The van der Waals surface area contributed by atoms with E-state index in [9.17, 15) is 10.1 Å². The zero-order chi connectivity index (χ0) is 16.9. The molecule has 0 saturated heterocycles. The summed E-state index contributed by atoms with van der Waals surface area (Å²) in [4.78, 5) is 16.3. The maximum absolute atomic E-state index is 11.8. The molecule has 2 rings (SSSR count). The standard InChI is InChI=1S/C18H18N2O2S/c1-18(2,3)22-16(21)12-23-17-14(11-19)9-10-15(20-17)13-7-5-4-6-8-13/h4-10H,12H2,1-3H3. The van der Waals surface area contributed by atoms with Crippen molar-refractivity contribution in [3.63, 3.8) is 0 Å². The van der Waals surface area contributed by atoms with Crippen LogP contribution in [0.5, 0.6) is 0 Å². The van der Waals surface area contributed by atoms with Crippen molar-refractivity contribution in [1.29, 1.82) is 5.26 Å². The normalized spacial score (nSPS) is 10.9. The van der Waals surface area contributed by atoms with Gasteiger partial charge in [-0.25, -0.2) is 4.98 Å².